The molecule has 0 heterocycles. The third kappa shape index (κ3) is 2.66. The quantitative estimate of drug-likeness (QED) is 0.786. The van der Waals surface area contributed by atoms with E-state index < -0.39 is 17.2 Å². The molecule has 1 atom stereocenters. The first-order valence-corrected chi connectivity index (χ1v) is 6.63. The first kappa shape index (κ1) is 15.2. The monoisotopic (exact) mass is 316 g/mol. The highest BCUT2D eigenvalue weighted by Gasteiger charge is 2.31. The molecular weight excluding hydrogens is 305 g/mol. The average molecular weight is 317 g/mol. The standard InChI is InChI=1S/C15H12Cl2F2O/c1-8-3-4-9(18)5-10(8)15(2,20)11-6-14(19)13(17)7-12(11)16/h3-7,20H,1-2H3. The van der Waals surface area contributed by atoms with Gasteiger partial charge in [-0.3, -0.25) is 0 Å². The maximum absolute atomic E-state index is 13.6. The first-order valence-electron chi connectivity index (χ1n) is 5.87. The van der Waals surface area contributed by atoms with Crippen LogP contribution in [0.25, 0.3) is 0 Å². The van der Waals surface area contributed by atoms with Crippen molar-refractivity contribution in [3.8, 4) is 0 Å². The van der Waals surface area contributed by atoms with Crippen molar-refractivity contribution in [2.24, 2.45) is 0 Å². The lowest BCUT2D eigenvalue weighted by Crippen LogP contribution is -2.25. The average Bonchev–Trinajstić information content (AvgIpc) is 2.36. The fraction of sp³-hybridized carbons (Fsp3) is 0.200. The molecule has 0 aromatic heterocycles. The summed E-state index contributed by atoms with van der Waals surface area (Å²) in [6.45, 7) is 3.16. The highest BCUT2D eigenvalue weighted by molar-refractivity contribution is 6.35. The molecule has 0 saturated carbocycles. The minimum absolute atomic E-state index is 0.116. The molecule has 1 nitrogen and oxygen atoms in total. The molecule has 2 rings (SSSR count). The maximum Gasteiger partial charge on any atom is 0.142 e. The Bertz CT molecular complexity index is 669. The summed E-state index contributed by atoms with van der Waals surface area (Å²) in [6, 6.07) is 6.32. The molecule has 20 heavy (non-hydrogen) atoms. The zero-order valence-electron chi connectivity index (χ0n) is 10.8. The molecule has 0 spiro atoms. The lowest BCUT2D eigenvalue weighted by molar-refractivity contribution is 0.101. The fourth-order valence-electron chi connectivity index (χ4n) is 2.16. The van der Waals surface area contributed by atoms with Gasteiger partial charge in [0.1, 0.15) is 17.2 Å². The van der Waals surface area contributed by atoms with Gasteiger partial charge in [0.15, 0.2) is 0 Å². The summed E-state index contributed by atoms with van der Waals surface area (Å²) in [6.07, 6.45) is 0. The molecule has 2 aromatic carbocycles. The van der Waals surface area contributed by atoms with Crippen LogP contribution in [0, 0.1) is 18.6 Å². The summed E-state index contributed by atoms with van der Waals surface area (Å²) in [7, 11) is 0. The number of hydrogen-bond acceptors (Lipinski definition) is 1. The van der Waals surface area contributed by atoms with Crippen molar-refractivity contribution in [2.75, 3.05) is 0 Å². The van der Waals surface area contributed by atoms with E-state index in [4.69, 9.17) is 23.2 Å². The zero-order valence-corrected chi connectivity index (χ0v) is 12.4. The van der Waals surface area contributed by atoms with Gasteiger partial charge in [-0.2, -0.15) is 0 Å². The fourth-order valence-corrected chi connectivity index (χ4v) is 2.73. The summed E-state index contributed by atoms with van der Waals surface area (Å²) in [5.41, 5.74) is -0.506. The van der Waals surface area contributed by atoms with Crippen LogP contribution in [0.4, 0.5) is 8.78 Å². The summed E-state index contributed by atoms with van der Waals surface area (Å²) in [4.78, 5) is 0. The van der Waals surface area contributed by atoms with Gasteiger partial charge in [-0.25, -0.2) is 8.78 Å². The van der Waals surface area contributed by atoms with Gasteiger partial charge >= 0.3 is 0 Å². The molecule has 0 aliphatic rings. The van der Waals surface area contributed by atoms with Gasteiger partial charge in [0.25, 0.3) is 0 Å². The predicted octanol–water partition coefficient (Wildman–Crippen LogP) is 4.84. The van der Waals surface area contributed by atoms with Crippen LogP contribution in [0.2, 0.25) is 10.0 Å². The van der Waals surface area contributed by atoms with Crippen LogP contribution in [0.3, 0.4) is 0 Å². The molecule has 1 N–H and O–H groups in total. The van der Waals surface area contributed by atoms with E-state index in [1.165, 1.54) is 25.1 Å². The Kier molecular flexibility index (Phi) is 4.05. The molecule has 2 aromatic rings. The minimum atomic E-state index is -1.63. The van der Waals surface area contributed by atoms with E-state index in [1.807, 2.05) is 0 Å². The van der Waals surface area contributed by atoms with Gasteiger partial charge in [0.2, 0.25) is 0 Å². The van der Waals surface area contributed by atoms with E-state index in [-0.39, 0.29) is 15.6 Å². The molecule has 1 unspecified atom stereocenters. The van der Waals surface area contributed by atoms with E-state index in [1.54, 1.807) is 13.0 Å². The van der Waals surface area contributed by atoms with Crippen LogP contribution in [0.5, 0.6) is 0 Å². The van der Waals surface area contributed by atoms with Gasteiger partial charge < -0.3 is 5.11 Å². The Hall–Kier alpha value is -1.16. The van der Waals surface area contributed by atoms with E-state index in [2.05, 4.69) is 0 Å². The molecule has 0 bridgehead atoms. The normalized spacial score (nSPS) is 14.2. The summed E-state index contributed by atoms with van der Waals surface area (Å²) >= 11 is 11.7. The number of aryl methyl sites for hydroxylation is 1. The van der Waals surface area contributed by atoms with Gasteiger partial charge in [-0.15, -0.1) is 0 Å². The highest BCUT2D eigenvalue weighted by Crippen LogP contribution is 2.37. The highest BCUT2D eigenvalue weighted by atomic mass is 35.5. The molecule has 5 heteroatoms. The second-order valence-corrected chi connectivity index (χ2v) is 5.59. The van der Waals surface area contributed by atoms with Gasteiger partial charge in [0.05, 0.1) is 5.02 Å². The Morgan fingerprint density at radius 2 is 1.65 bits per heavy atom. The third-order valence-electron chi connectivity index (χ3n) is 3.26. The van der Waals surface area contributed by atoms with Gasteiger partial charge in [0, 0.05) is 10.6 Å². The van der Waals surface area contributed by atoms with Crippen molar-refractivity contribution in [2.45, 2.75) is 19.4 Å². The molecular formula is C15H12Cl2F2O. The van der Waals surface area contributed by atoms with Crippen LogP contribution >= 0.6 is 23.2 Å². The summed E-state index contributed by atoms with van der Waals surface area (Å²) < 4.78 is 27.0. The number of hydrogen-bond donors (Lipinski definition) is 1. The first-order chi connectivity index (χ1) is 9.23. The van der Waals surface area contributed by atoms with E-state index >= 15 is 0 Å². The van der Waals surface area contributed by atoms with Crippen LogP contribution < -0.4 is 0 Å². The Labute approximate surface area is 125 Å². The molecule has 0 amide bonds. The van der Waals surface area contributed by atoms with Crippen molar-refractivity contribution in [3.63, 3.8) is 0 Å². The number of rotatable bonds is 2. The number of benzene rings is 2. The van der Waals surface area contributed by atoms with E-state index in [9.17, 15) is 13.9 Å². The second kappa shape index (κ2) is 5.32. The Morgan fingerprint density at radius 3 is 2.30 bits per heavy atom. The van der Waals surface area contributed by atoms with Crippen LogP contribution in [-0.2, 0) is 5.60 Å². The predicted molar refractivity (Wildman–Crippen MR) is 76.2 cm³/mol. The van der Waals surface area contributed by atoms with E-state index in [0.29, 0.717) is 11.1 Å². The molecule has 0 saturated heterocycles. The molecule has 106 valence electrons. The SMILES string of the molecule is Cc1ccc(F)cc1C(C)(O)c1cc(F)c(Cl)cc1Cl. The second-order valence-electron chi connectivity index (χ2n) is 4.78. The van der Waals surface area contributed by atoms with Gasteiger partial charge in [-0.05, 0) is 49.2 Å². The third-order valence-corrected chi connectivity index (χ3v) is 3.86. The summed E-state index contributed by atoms with van der Waals surface area (Å²) in [5.74, 6) is -1.18. The van der Waals surface area contributed by atoms with Crippen molar-refractivity contribution >= 4 is 23.2 Å². The van der Waals surface area contributed by atoms with Crippen molar-refractivity contribution in [1.82, 2.24) is 0 Å². The summed E-state index contributed by atoms with van der Waals surface area (Å²) in [5, 5.41) is 10.7. The minimum Gasteiger partial charge on any atom is -0.381 e. The lowest BCUT2D eigenvalue weighted by Gasteiger charge is -2.27. The maximum atomic E-state index is 13.6. The topological polar surface area (TPSA) is 20.2 Å². The zero-order chi connectivity index (χ0) is 15.1. The van der Waals surface area contributed by atoms with Crippen LogP contribution in [0.15, 0.2) is 30.3 Å². The number of aliphatic hydroxyl groups is 1. The van der Waals surface area contributed by atoms with Crippen molar-refractivity contribution < 1.29 is 13.9 Å². The molecule has 0 radical (unpaired) electrons. The van der Waals surface area contributed by atoms with Crippen LogP contribution in [-0.4, -0.2) is 5.11 Å². The van der Waals surface area contributed by atoms with Gasteiger partial charge in [-0.1, -0.05) is 29.3 Å². The largest absolute Gasteiger partial charge is 0.381 e. The Morgan fingerprint density at radius 1 is 1.00 bits per heavy atom. The van der Waals surface area contributed by atoms with E-state index in [0.717, 1.165) is 6.07 Å². The molecule has 0 fully saturated rings. The van der Waals surface area contributed by atoms with Crippen molar-refractivity contribution in [3.05, 3.63) is 68.7 Å². The smallest absolute Gasteiger partial charge is 0.142 e. The van der Waals surface area contributed by atoms with Crippen LogP contribution in [0.1, 0.15) is 23.6 Å². The lowest BCUT2D eigenvalue weighted by atomic mass is 9.85. The molecule has 0 aliphatic heterocycles. The number of halogens is 4. The Balaban J connectivity index is 2.66. The molecule has 0 aliphatic carbocycles. The van der Waals surface area contributed by atoms with Crippen molar-refractivity contribution in [1.29, 1.82) is 0 Å².